The summed E-state index contributed by atoms with van der Waals surface area (Å²) in [6, 6.07) is 8.69. The Morgan fingerprint density at radius 1 is 1.18 bits per heavy atom. The van der Waals surface area contributed by atoms with Gasteiger partial charge in [-0.25, -0.2) is 10.0 Å². The molecule has 62 valence electrons. The molecule has 0 fully saturated rings. The molecule has 1 unspecified atom stereocenters. The van der Waals surface area contributed by atoms with Crippen LogP contribution in [0.15, 0.2) is 29.2 Å². The van der Waals surface area contributed by atoms with Gasteiger partial charge in [-0.15, -0.1) is 9.24 Å². The predicted molar refractivity (Wildman–Crippen MR) is 59.4 cm³/mol. The molecule has 0 nitrogen and oxygen atoms in total. The fraction of sp³-hybridized carbons (Fsp3) is 0.333. The lowest BCUT2D eigenvalue weighted by molar-refractivity contribution is 1.46. The van der Waals surface area contributed by atoms with Crippen LogP contribution in [0, 0.1) is 0 Å². The van der Waals surface area contributed by atoms with Crippen LogP contribution in [-0.2, 0) is 0 Å². The molecule has 0 heterocycles. The van der Waals surface area contributed by atoms with Gasteiger partial charge in [-0.1, -0.05) is 18.2 Å². The zero-order valence-electron chi connectivity index (χ0n) is 7.29. The van der Waals surface area contributed by atoms with Crippen LogP contribution >= 0.6 is 19.3 Å². The van der Waals surface area contributed by atoms with Crippen molar-refractivity contribution in [3.63, 3.8) is 0 Å². The number of hydrogen-bond acceptors (Lipinski definition) is 0. The van der Waals surface area contributed by atoms with Crippen LogP contribution in [0.1, 0.15) is 0 Å². The van der Waals surface area contributed by atoms with Gasteiger partial charge in [-0.2, -0.15) is 0 Å². The van der Waals surface area contributed by atoms with Gasteiger partial charge in [0.15, 0.2) is 0 Å². The highest BCUT2D eigenvalue weighted by molar-refractivity contribution is 8.32. The summed E-state index contributed by atoms with van der Waals surface area (Å²) in [5.74, 6) is 0. The molecular weight excluding hydrogens is 171 g/mol. The molecule has 0 N–H and O–H groups in total. The minimum Gasteiger partial charge on any atom is -0.223 e. The van der Waals surface area contributed by atoms with Gasteiger partial charge < -0.3 is 0 Å². The van der Waals surface area contributed by atoms with Gasteiger partial charge >= 0.3 is 0 Å². The van der Waals surface area contributed by atoms with E-state index in [0.717, 1.165) is 0 Å². The average Bonchev–Trinajstić information content (AvgIpc) is 1.86. The molecule has 1 aromatic carbocycles. The first-order valence-electron chi connectivity index (χ1n) is 3.54. The van der Waals surface area contributed by atoms with Gasteiger partial charge in [0.05, 0.1) is 0 Å². The van der Waals surface area contributed by atoms with Crippen LogP contribution in [0.4, 0.5) is 0 Å². The lowest BCUT2D eigenvalue weighted by Crippen LogP contribution is -1.97. The zero-order valence-corrected chi connectivity index (χ0v) is 9.27. The Morgan fingerprint density at radius 3 is 2.18 bits per heavy atom. The summed E-state index contributed by atoms with van der Waals surface area (Å²) in [7, 11) is 2.20. The van der Waals surface area contributed by atoms with E-state index >= 15 is 0 Å². The second kappa shape index (κ2) is 3.16. The van der Waals surface area contributed by atoms with Crippen LogP contribution in [0.2, 0.25) is 0 Å². The molecule has 0 saturated heterocycles. The van der Waals surface area contributed by atoms with Crippen LogP contribution in [0.25, 0.3) is 0 Å². The molecule has 0 bridgehead atoms. The van der Waals surface area contributed by atoms with Crippen molar-refractivity contribution in [3.8, 4) is 0 Å². The highest BCUT2D eigenvalue weighted by Crippen LogP contribution is 2.44. The van der Waals surface area contributed by atoms with E-state index in [9.17, 15) is 0 Å². The summed E-state index contributed by atoms with van der Waals surface area (Å²) in [6.45, 7) is 0. The van der Waals surface area contributed by atoms with Crippen LogP contribution in [0.3, 0.4) is 0 Å². The summed E-state index contributed by atoms with van der Waals surface area (Å²) in [5, 5.41) is 1.28. The van der Waals surface area contributed by atoms with Crippen molar-refractivity contribution >= 4 is 24.6 Å². The molecule has 0 aromatic heterocycles. The first kappa shape index (κ1) is 9.09. The second-order valence-electron chi connectivity index (χ2n) is 3.41. The van der Waals surface area contributed by atoms with Crippen LogP contribution < -0.4 is 5.30 Å². The number of hydrogen-bond donors (Lipinski definition) is 0. The quantitative estimate of drug-likeness (QED) is 0.590. The normalized spacial score (nSPS) is 13.1. The van der Waals surface area contributed by atoms with E-state index in [2.05, 4.69) is 52.3 Å². The smallest absolute Gasteiger partial charge is 0.0100 e. The van der Waals surface area contributed by atoms with E-state index in [1.54, 1.807) is 0 Å². The molecule has 1 rings (SSSR count). The standard InChI is InChI=1S/C9H15PS/c1-11(2,3)9-6-4-5-8(10)7-9/h4-7H,10H2,1-3H3. The molecule has 0 aliphatic rings. The van der Waals surface area contributed by atoms with Gasteiger partial charge in [0.1, 0.15) is 0 Å². The molecule has 2 heteroatoms. The van der Waals surface area contributed by atoms with Crippen molar-refractivity contribution in [2.24, 2.45) is 0 Å². The largest absolute Gasteiger partial charge is 0.223 e. The first-order valence-corrected chi connectivity index (χ1v) is 6.97. The van der Waals surface area contributed by atoms with Gasteiger partial charge in [-0.3, -0.25) is 0 Å². The number of benzene rings is 1. The third-order valence-corrected chi connectivity index (χ3v) is 3.59. The van der Waals surface area contributed by atoms with E-state index in [1.807, 2.05) is 0 Å². The first-order chi connectivity index (χ1) is 5.00. The predicted octanol–water partition coefficient (Wildman–Crippen LogP) is 2.24. The van der Waals surface area contributed by atoms with Crippen molar-refractivity contribution in [2.75, 3.05) is 18.8 Å². The zero-order chi connectivity index (χ0) is 8.48. The van der Waals surface area contributed by atoms with E-state index in [1.165, 1.54) is 10.2 Å². The molecule has 0 aliphatic carbocycles. The maximum Gasteiger partial charge on any atom is -0.0100 e. The molecule has 1 atom stereocenters. The molecular formula is C9H15PS. The lowest BCUT2D eigenvalue weighted by Gasteiger charge is -2.25. The van der Waals surface area contributed by atoms with Crippen molar-refractivity contribution < 1.29 is 0 Å². The highest BCUT2D eigenvalue weighted by Gasteiger charge is 2.06. The third kappa shape index (κ3) is 2.50. The van der Waals surface area contributed by atoms with E-state index in [0.29, 0.717) is 0 Å². The van der Waals surface area contributed by atoms with Gasteiger partial charge in [0.2, 0.25) is 0 Å². The number of rotatable bonds is 1. The van der Waals surface area contributed by atoms with E-state index < -0.39 is 10.0 Å². The molecule has 0 aliphatic heterocycles. The summed E-state index contributed by atoms with van der Waals surface area (Å²) in [4.78, 5) is 1.48. The SMILES string of the molecule is CS(C)(C)c1cccc(P)c1. The van der Waals surface area contributed by atoms with Crippen molar-refractivity contribution in [1.82, 2.24) is 0 Å². The Hall–Kier alpha value is -0.0000000000000000555. The third-order valence-electron chi connectivity index (χ3n) is 1.57. The van der Waals surface area contributed by atoms with E-state index in [4.69, 9.17) is 0 Å². The molecule has 11 heavy (non-hydrogen) atoms. The van der Waals surface area contributed by atoms with Gasteiger partial charge in [0.25, 0.3) is 0 Å². The maximum atomic E-state index is 2.73. The van der Waals surface area contributed by atoms with Gasteiger partial charge in [0, 0.05) is 0 Å². The van der Waals surface area contributed by atoms with Crippen molar-refractivity contribution in [2.45, 2.75) is 4.90 Å². The molecule has 1 aromatic rings. The summed E-state index contributed by atoms with van der Waals surface area (Å²) < 4.78 is 0. The minimum absolute atomic E-state index is 0.539. The lowest BCUT2D eigenvalue weighted by atomic mass is 10.4. The van der Waals surface area contributed by atoms with Crippen molar-refractivity contribution in [1.29, 1.82) is 0 Å². The summed E-state index contributed by atoms with van der Waals surface area (Å²) >= 11 is 0. The van der Waals surface area contributed by atoms with Crippen LogP contribution in [-0.4, -0.2) is 18.8 Å². The van der Waals surface area contributed by atoms with E-state index in [-0.39, 0.29) is 0 Å². The summed E-state index contributed by atoms with van der Waals surface area (Å²) in [5.41, 5.74) is 0. The minimum atomic E-state index is -0.539. The van der Waals surface area contributed by atoms with Crippen LogP contribution in [0.5, 0.6) is 0 Å². The molecule has 0 saturated carbocycles. The Balaban J connectivity index is 3.06. The molecule has 0 spiro atoms. The molecule has 0 amide bonds. The summed E-state index contributed by atoms with van der Waals surface area (Å²) in [6.07, 6.45) is 6.94. The Kier molecular flexibility index (Phi) is 2.61. The second-order valence-corrected chi connectivity index (χ2v) is 8.22. The topological polar surface area (TPSA) is 0 Å². The highest BCUT2D eigenvalue weighted by atomic mass is 32.3. The monoisotopic (exact) mass is 186 g/mol. The Bertz CT molecular complexity index is 250. The average molecular weight is 186 g/mol. The Morgan fingerprint density at radius 2 is 1.82 bits per heavy atom. The Labute approximate surface area is 72.9 Å². The molecule has 0 radical (unpaired) electrons. The van der Waals surface area contributed by atoms with Crippen molar-refractivity contribution in [3.05, 3.63) is 24.3 Å². The van der Waals surface area contributed by atoms with Gasteiger partial charge in [-0.05, 0) is 35.0 Å². The fourth-order valence-corrected chi connectivity index (χ4v) is 2.28. The maximum absolute atomic E-state index is 2.73. The fourth-order valence-electron chi connectivity index (χ4n) is 0.895.